The molecule has 102 valence electrons. The van der Waals surface area contributed by atoms with Crippen LogP contribution in [0.15, 0.2) is 24.4 Å². The summed E-state index contributed by atoms with van der Waals surface area (Å²) in [4.78, 5) is 3.44. The Morgan fingerprint density at radius 3 is 2.68 bits per heavy atom. The van der Waals surface area contributed by atoms with Gasteiger partial charge in [-0.3, -0.25) is 0 Å². The van der Waals surface area contributed by atoms with Gasteiger partial charge in [-0.1, -0.05) is 32.3 Å². The molecule has 1 heterocycles. The van der Waals surface area contributed by atoms with Gasteiger partial charge in [0.1, 0.15) is 0 Å². The molecule has 1 aliphatic carbocycles. The molecular formula is C17H24N2. The van der Waals surface area contributed by atoms with E-state index in [0.717, 1.165) is 13.0 Å². The highest BCUT2D eigenvalue weighted by Crippen LogP contribution is 2.41. The Kier molecular flexibility index (Phi) is 3.36. The predicted molar refractivity (Wildman–Crippen MR) is 81.5 cm³/mol. The summed E-state index contributed by atoms with van der Waals surface area (Å²) in [5, 5.41) is 1.40. The molecule has 3 rings (SSSR count). The molecule has 1 aliphatic rings. The number of aromatic nitrogens is 1. The van der Waals surface area contributed by atoms with E-state index in [9.17, 15) is 0 Å². The van der Waals surface area contributed by atoms with E-state index in [2.05, 4.69) is 36.3 Å². The second-order valence-electron chi connectivity index (χ2n) is 5.98. The van der Waals surface area contributed by atoms with Crippen LogP contribution in [0.3, 0.4) is 0 Å². The van der Waals surface area contributed by atoms with E-state index in [0.29, 0.717) is 0 Å². The average Bonchev–Trinajstić information content (AvgIpc) is 2.91. The smallest absolute Gasteiger partial charge is 0.0457 e. The van der Waals surface area contributed by atoms with Gasteiger partial charge in [0, 0.05) is 29.1 Å². The van der Waals surface area contributed by atoms with Gasteiger partial charge in [-0.15, -0.1) is 0 Å². The molecule has 0 spiro atoms. The number of fused-ring (bicyclic) bond motifs is 1. The number of nitrogens with two attached hydrogens (primary N) is 1. The summed E-state index contributed by atoms with van der Waals surface area (Å²) in [7, 11) is 0. The van der Waals surface area contributed by atoms with Gasteiger partial charge in [-0.2, -0.15) is 0 Å². The fraction of sp³-hybridized carbons (Fsp3) is 0.529. The highest BCUT2D eigenvalue weighted by atomic mass is 14.7. The van der Waals surface area contributed by atoms with E-state index in [4.69, 9.17) is 5.73 Å². The molecule has 2 heteroatoms. The zero-order valence-electron chi connectivity index (χ0n) is 11.8. The van der Waals surface area contributed by atoms with Crippen LogP contribution in [0.4, 0.5) is 0 Å². The molecule has 2 nitrogen and oxygen atoms in total. The number of hydrogen-bond acceptors (Lipinski definition) is 1. The zero-order valence-corrected chi connectivity index (χ0v) is 11.8. The van der Waals surface area contributed by atoms with Crippen molar-refractivity contribution in [3.05, 3.63) is 35.5 Å². The second kappa shape index (κ2) is 5.01. The molecular weight excluding hydrogens is 232 g/mol. The Hall–Kier alpha value is -1.28. The quantitative estimate of drug-likeness (QED) is 0.859. The molecule has 2 aromatic rings. The van der Waals surface area contributed by atoms with Crippen LogP contribution in [0.5, 0.6) is 0 Å². The van der Waals surface area contributed by atoms with Crippen molar-refractivity contribution in [2.24, 2.45) is 5.73 Å². The third-order valence-corrected chi connectivity index (χ3v) is 4.93. The lowest BCUT2D eigenvalue weighted by molar-refractivity contribution is 0.303. The zero-order chi connectivity index (χ0) is 13.3. The van der Waals surface area contributed by atoms with Gasteiger partial charge >= 0.3 is 0 Å². The van der Waals surface area contributed by atoms with Crippen molar-refractivity contribution >= 4 is 10.9 Å². The molecule has 0 bridgehead atoms. The maximum absolute atomic E-state index is 6.18. The van der Waals surface area contributed by atoms with Crippen molar-refractivity contribution in [1.29, 1.82) is 0 Å². The maximum atomic E-state index is 6.18. The number of rotatable bonds is 3. The molecule has 19 heavy (non-hydrogen) atoms. The first-order valence-corrected chi connectivity index (χ1v) is 7.59. The molecule has 0 radical (unpaired) electrons. The number of nitrogens with one attached hydrogen (secondary N) is 1. The first-order chi connectivity index (χ1) is 9.29. The molecule has 0 saturated heterocycles. The Bertz CT molecular complexity index is 562. The first kappa shape index (κ1) is 12.7. The number of aromatic amines is 1. The Labute approximate surface area is 115 Å². The van der Waals surface area contributed by atoms with E-state index in [1.54, 1.807) is 0 Å². The average molecular weight is 256 g/mol. The van der Waals surface area contributed by atoms with Crippen LogP contribution in [0.1, 0.15) is 50.2 Å². The van der Waals surface area contributed by atoms with Gasteiger partial charge in [-0.05, 0) is 42.5 Å². The van der Waals surface area contributed by atoms with Gasteiger partial charge in [0.05, 0.1) is 0 Å². The number of hydrogen-bond donors (Lipinski definition) is 2. The fourth-order valence-corrected chi connectivity index (χ4v) is 3.64. The van der Waals surface area contributed by atoms with Gasteiger partial charge in [-0.25, -0.2) is 0 Å². The third kappa shape index (κ3) is 2.08. The SMILES string of the molecule is CCc1ccc2[nH]cc(C3(CN)CCCCC3)c2c1. The van der Waals surface area contributed by atoms with Gasteiger partial charge in [0.2, 0.25) is 0 Å². The lowest BCUT2D eigenvalue weighted by atomic mass is 9.69. The monoisotopic (exact) mass is 256 g/mol. The number of benzene rings is 1. The summed E-state index contributed by atoms with van der Waals surface area (Å²) < 4.78 is 0. The van der Waals surface area contributed by atoms with Gasteiger partial charge in [0.15, 0.2) is 0 Å². The van der Waals surface area contributed by atoms with Crippen LogP contribution in [0, 0.1) is 0 Å². The van der Waals surface area contributed by atoms with Gasteiger partial charge in [0.25, 0.3) is 0 Å². The van der Waals surface area contributed by atoms with E-state index >= 15 is 0 Å². The summed E-state index contributed by atoms with van der Waals surface area (Å²) >= 11 is 0. The molecule has 3 N–H and O–H groups in total. The number of H-pyrrole nitrogens is 1. The van der Waals surface area contributed by atoms with Crippen LogP contribution in [0.2, 0.25) is 0 Å². The lowest BCUT2D eigenvalue weighted by Crippen LogP contribution is -2.36. The Morgan fingerprint density at radius 2 is 2.00 bits per heavy atom. The normalized spacial score (nSPS) is 18.8. The van der Waals surface area contributed by atoms with Crippen molar-refractivity contribution in [3.8, 4) is 0 Å². The van der Waals surface area contributed by atoms with E-state index < -0.39 is 0 Å². The van der Waals surface area contributed by atoms with Crippen LogP contribution in [0.25, 0.3) is 10.9 Å². The summed E-state index contributed by atoms with van der Waals surface area (Å²) in [6, 6.07) is 6.79. The van der Waals surface area contributed by atoms with Crippen LogP contribution < -0.4 is 5.73 Å². The topological polar surface area (TPSA) is 41.8 Å². The molecule has 0 aliphatic heterocycles. The first-order valence-electron chi connectivity index (χ1n) is 7.59. The third-order valence-electron chi connectivity index (χ3n) is 4.93. The largest absolute Gasteiger partial charge is 0.361 e. The minimum absolute atomic E-state index is 0.211. The molecule has 1 aromatic carbocycles. The Morgan fingerprint density at radius 1 is 1.21 bits per heavy atom. The summed E-state index contributed by atoms with van der Waals surface area (Å²) in [6.45, 7) is 2.99. The second-order valence-corrected chi connectivity index (χ2v) is 5.98. The minimum Gasteiger partial charge on any atom is -0.361 e. The maximum Gasteiger partial charge on any atom is 0.0457 e. The predicted octanol–water partition coefficient (Wildman–Crippen LogP) is 3.89. The molecule has 1 aromatic heterocycles. The minimum atomic E-state index is 0.211. The molecule has 1 saturated carbocycles. The standard InChI is InChI=1S/C17H24N2/c1-2-13-6-7-16-14(10-13)15(11-19-16)17(12-18)8-4-3-5-9-17/h6-7,10-11,19H,2-5,8-9,12,18H2,1H3. The number of aryl methyl sites for hydroxylation is 1. The van der Waals surface area contributed by atoms with E-state index in [-0.39, 0.29) is 5.41 Å². The molecule has 0 unspecified atom stereocenters. The van der Waals surface area contributed by atoms with Crippen molar-refractivity contribution in [1.82, 2.24) is 4.98 Å². The van der Waals surface area contributed by atoms with Crippen molar-refractivity contribution in [3.63, 3.8) is 0 Å². The van der Waals surface area contributed by atoms with Crippen molar-refractivity contribution in [2.75, 3.05) is 6.54 Å². The molecule has 1 fully saturated rings. The molecule has 0 amide bonds. The molecule has 0 atom stereocenters. The fourth-order valence-electron chi connectivity index (χ4n) is 3.64. The lowest BCUT2D eigenvalue weighted by Gasteiger charge is -2.36. The van der Waals surface area contributed by atoms with E-state index in [1.807, 2.05) is 0 Å². The van der Waals surface area contributed by atoms with Gasteiger partial charge < -0.3 is 10.7 Å². The summed E-state index contributed by atoms with van der Waals surface area (Å²) in [5.74, 6) is 0. The van der Waals surface area contributed by atoms with E-state index in [1.165, 1.54) is 54.1 Å². The van der Waals surface area contributed by atoms with Crippen LogP contribution >= 0.6 is 0 Å². The van der Waals surface area contributed by atoms with Crippen LogP contribution in [-0.4, -0.2) is 11.5 Å². The van der Waals surface area contributed by atoms with Crippen molar-refractivity contribution in [2.45, 2.75) is 50.9 Å². The summed E-state index contributed by atoms with van der Waals surface area (Å²) in [6.07, 6.45) is 9.79. The summed E-state index contributed by atoms with van der Waals surface area (Å²) in [5.41, 5.74) is 10.5. The Balaban J connectivity index is 2.12. The van der Waals surface area contributed by atoms with Crippen molar-refractivity contribution < 1.29 is 0 Å². The highest BCUT2D eigenvalue weighted by Gasteiger charge is 2.34. The highest BCUT2D eigenvalue weighted by molar-refractivity contribution is 5.85. The van der Waals surface area contributed by atoms with Crippen LogP contribution in [-0.2, 0) is 11.8 Å².